The number of esters is 1. The minimum Gasteiger partial charge on any atom is -0.458 e. The minimum atomic E-state index is -1.98. The molecule has 0 saturated heterocycles. The van der Waals surface area contributed by atoms with Crippen molar-refractivity contribution in [2.75, 3.05) is 0 Å². The highest BCUT2D eigenvalue weighted by Crippen LogP contribution is 2.44. The first-order chi connectivity index (χ1) is 16.8. The molecule has 180 valence electrons. The van der Waals surface area contributed by atoms with Crippen LogP contribution in [0.2, 0.25) is 0 Å². The third-order valence-corrected chi connectivity index (χ3v) is 6.89. The largest absolute Gasteiger partial charge is 0.458 e. The van der Waals surface area contributed by atoms with E-state index in [0.29, 0.717) is 22.5 Å². The molecule has 2 aromatic heterocycles. The summed E-state index contributed by atoms with van der Waals surface area (Å²) < 4.78 is 6.53. The molecule has 0 spiro atoms. The van der Waals surface area contributed by atoms with Crippen LogP contribution in [0.4, 0.5) is 0 Å². The molecule has 1 unspecified atom stereocenters. The molecule has 3 aromatic rings. The van der Waals surface area contributed by atoms with Crippen molar-refractivity contribution in [2.45, 2.75) is 58.4 Å². The SMILES string of the molecule is CCC(=O)N(C(=O)CC)C1c2cc3ccccc3nc2-c2cc3c(c(=O)n21)COC(=O)[C@]3(O)CC. The number of pyridine rings is 2. The fraction of sp³-hybridized carbons (Fsp3) is 0.346. The molecule has 9 heteroatoms. The molecule has 0 radical (unpaired) electrons. The Morgan fingerprint density at radius 3 is 2.49 bits per heavy atom. The third-order valence-electron chi connectivity index (χ3n) is 6.89. The minimum absolute atomic E-state index is 0.0118. The van der Waals surface area contributed by atoms with Crippen LogP contribution in [0.3, 0.4) is 0 Å². The van der Waals surface area contributed by atoms with Crippen LogP contribution in [-0.2, 0) is 31.3 Å². The number of aromatic nitrogens is 2. The molecule has 0 fully saturated rings. The Kier molecular flexibility index (Phi) is 5.32. The lowest BCUT2D eigenvalue weighted by molar-refractivity contribution is -0.172. The average molecular weight is 476 g/mol. The van der Waals surface area contributed by atoms with E-state index in [1.165, 1.54) is 4.57 Å². The van der Waals surface area contributed by atoms with Crippen molar-refractivity contribution in [2.24, 2.45) is 0 Å². The van der Waals surface area contributed by atoms with Crippen molar-refractivity contribution >= 4 is 28.7 Å². The van der Waals surface area contributed by atoms with Gasteiger partial charge in [-0.2, -0.15) is 0 Å². The van der Waals surface area contributed by atoms with Crippen molar-refractivity contribution in [3.05, 3.63) is 63.4 Å². The van der Waals surface area contributed by atoms with E-state index >= 15 is 0 Å². The Labute approximate surface area is 201 Å². The van der Waals surface area contributed by atoms with Crippen molar-refractivity contribution in [3.63, 3.8) is 0 Å². The Bertz CT molecular complexity index is 1460. The zero-order valence-electron chi connectivity index (χ0n) is 19.7. The molecule has 0 saturated carbocycles. The summed E-state index contributed by atoms with van der Waals surface area (Å²) in [5, 5.41) is 11.9. The average Bonchev–Trinajstić information content (AvgIpc) is 3.18. The van der Waals surface area contributed by atoms with Crippen LogP contribution in [0, 0.1) is 0 Å². The molecular weight excluding hydrogens is 450 g/mol. The maximum atomic E-state index is 13.9. The molecule has 1 aromatic carbocycles. The van der Waals surface area contributed by atoms with E-state index in [9.17, 15) is 24.3 Å². The molecule has 2 amide bonds. The lowest BCUT2D eigenvalue weighted by atomic mass is 9.86. The Balaban J connectivity index is 1.89. The van der Waals surface area contributed by atoms with E-state index in [0.717, 1.165) is 10.3 Å². The number of amides is 2. The summed E-state index contributed by atoms with van der Waals surface area (Å²) >= 11 is 0. The van der Waals surface area contributed by atoms with Crippen LogP contribution in [0.5, 0.6) is 0 Å². The zero-order chi connectivity index (χ0) is 25.1. The quantitative estimate of drug-likeness (QED) is 0.576. The fourth-order valence-corrected chi connectivity index (χ4v) is 4.98. The second-order valence-electron chi connectivity index (χ2n) is 8.74. The van der Waals surface area contributed by atoms with Gasteiger partial charge in [0.15, 0.2) is 5.60 Å². The van der Waals surface area contributed by atoms with Gasteiger partial charge in [-0.15, -0.1) is 0 Å². The summed E-state index contributed by atoms with van der Waals surface area (Å²) in [5.41, 5.74) is -0.278. The molecule has 4 heterocycles. The fourth-order valence-electron chi connectivity index (χ4n) is 4.98. The van der Waals surface area contributed by atoms with E-state index in [2.05, 4.69) is 0 Å². The molecule has 5 rings (SSSR count). The number of fused-ring (bicyclic) bond motifs is 5. The monoisotopic (exact) mass is 475 g/mol. The zero-order valence-corrected chi connectivity index (χ0v) is 19.7. The first kappa shape index (κ1) is 22.9. The van der Waals surface area contributed by atoms with Crippen molar-refractivity contribution in [1.82, 2.24) is 14.5 Å². The third kappa shape index (κ3) is 3.15. The van der Waals surface area contributed by atoms with Crippen LogP contribution in [0.25, 0.3) is 22.3 Å². The molecule has 2 atom stereocenters. The maximum absolute atomic E-state index is 13.9. The molecule has 0 bridgehead atoms. The van der Waals surface area contributed by atoms with E-state index in [4.69, 9.17) is 9.72 Å². The number of cyclic esters (lactones) is 1. The molecule has 35 heavy (non-hydrogen) atoms. The first-order valence-electron chi connectivity index (χ1n) is 11.7. The molecule has 9 nitrogen and oxygen atoms in total. The van der Waals surface area contributed by atoms with Crippen LogP contribution in [-0.4, -0.2) is 37.3 Å². The lowest BCUT2D eigenvalue weighted by Crippen LogP contribution is -2.47. The second-order valence-corrected chi connectivity index (χ2v) is 8.74. The number of benzene rings is 1. The van der Waals surface area contributed by atoms with Gasteiger partial charge in [0, 0.05) is 29.4 Å². The molecule has 2 aliphatic heterocycles. The standard InChI is InChI=1S/C26H25N3O6/c1-4-20(30)29(21(31)5-2)23-15-11-14-9-7-8-10-18(14)27-22(15)19-12-17-16(24(32)28(19)23)13-35-25(33)26(17,34)6-3/h7-12,23,34H,4-6,13H2,1-3H3/t23?,26-/m0/s1. The predicted molar refractivity (Wildman–Crippen MR) is 126 cm³/mol. The van der Waals surface area contributed by atoms with Gasteiger partial charge in [-0.3, -0.25) is 23.9 Å². The summed E-state index contributed by atoms with van der Waals surface area (Å²) in [6.45, 7) is 4.64. The van der Waals surface area contributed by atoms with E-state index in [1.807, 2.05) is 30.3 Å². The second kappa shape index (κ2) is 8.13. The smallest absolute Gasteiger partial charge is 0.343 e. The van der Waals surface area contributed by atoms with Gasteiger partial charge in [0.2, 0.25) is 11.8 Å². The lowest BCUT2D eigenvalue weighted by Gasteiger charge is -2.33. The van der Waals surface area contributed by atoms with Gasteiger partial charge in [0.25, 0.3) is 5.56 Å². The van der Waals surface area contributed by atoms with Gasteiger partial charge in [-0.1, -0.05) is 39.0 Å². The van der Waals surface area contributed by atoms with Crippen LogP contribution < -0.4 is 5.56 Å². The molecule has 1 N–H and O–H groups in total. The summed E-state index contributed by atoms with van der Waals surface area (Å²) in [5.74, 6) is -1.66. The number of hydrogen-bond acceptors (Lipinski definition) is 7. The van der Waals surface area contributed by atoms with E-state index < -0.39 is 35.1 Å². The first-order valence-corrected chi connectivity index (χ1v) is 11.7. The molecule has 0 aliphatic carbocycles. The highest BCUT2D eigenvalue weighted by Gasteiger charge is 2.47. The summed E-state index contributed by atoms with van der Waals surface area (Å²) in [6.07, 6.45) is -0.887. The van der Waals surface area contributed by atoms with Crippen molar-refractivity contribution < 1.29 is 24.2 Å². The Morgan fingerprint density at radius 1 is 1.14 bits per heavy atom. The number of aliphatic hydroxyl groups is 1. The van der Waals surface area contributed by atoms with Gasteiger partial charge >= 0.3 is 5.97 Å². The van der Waals surface area contributed by atoms with Gasteiger partial charge in [0.05, 0.1) is 22.5 Å². The summed E-state index contributed by atoms with van der Waals surface area (Å²) in [6, 6.07) is 10.8. The number of para-hydroxylation sites is 1. The number of nitrogens with zero attached hydrogens (tertiary/aromatic N) is 3. The number of rotatable bonds is 4. The molecule has 2 aliphatic rings. The maximum Gasteiger partial charge on any atom is 0.343 e. The van der Waals surface area contributed by atoms with Gasteiger partial charge in [0.1, 0.15) is 12.8 Å². The number of carbonyl (C=O) groups is 3. The number of ether oxygens (including phenoxy) is 1. The van der Waals surface area contributed by atoms with Crippen LogP contribution in [0.15, 0.2) is 41.2 Å². The highest BCUT2D eigenvalue weighted by atomic mass is 16.6. The Hall–Kier alpha value is -3.85. The highest BCUT2D eigenvalue weighted by molar-refractivity contribution is 5.97. The Morgan fingerprint density at radius 2 is 1.83 bits per heavy atom. The van der Waals surface area contributed by atoms with Gasteiger partial charge in [-0.25, -0.2) is 9.78 Å². The predicted octanol–water partition coefficient (Wildman–Crippen LogP) is 2.75. The number of hydrogen-bond donors (Lipinski definition) is 1. The van der Waals surface area contributed by atoms with E-state index in [-0.39, 0.29) is 37.0 Å². The van der Waals surface area contributed by atoms with Gasteiger partial charge < -0.3 is 9.84 Å². The van der Waals surface area contributed by atoms with E-state index in [1.54, 1.807) is 26.8 Å². The normalized spacial score (nSPS) is 20.1. The van der Waals surface area contributed by atoms with Crippen molar-refractivity contribution in [1.29, 1.82) is 0 Å². The summed E-state index contributed by atoms with van der Waals surface area (Å²) in [4.78, 5) is 58.3. The van der Waals surface area contributed by atoms with Gasteiger partial charge in [-0.05, 0) is 24.6 Å². The van der Waals surface area contributed by atoms with Crippen LogP contribution in [0.1, 0.15) is 62.9 Å². The van der Waals surface area contributed by atoms with Crippen molar-refractivity contribution in [3.8, 4) is 11.4 Å². The number of imide groups is 1. The number of carbonyl (C=O) groups excluding carboxylic acids is 3. The topological polar surface area (TPSA) is 119 Å². The van der Waals surface area contributed by atoms with Crippen LogP contribution >= 0.6 is 0 Å². The summed E-state index contributed by atoms with van der Waals surface area (Å²) in [7, 11) is 0. The molecular formula is C26H25N3O6.